The molecule has 286 valence electrons. The number of pyridine rings is 1. The Morgan fingerprint density at radius 3 is 2.42 bits per heavy atom. The van der Waals surface area contributed by atoms with Gasteiger partial charge in [-0.1, -0.05) is 63.2 Å². The van der Waals surface area contributed by atoms with Crippen LogP contribution in [0.15, 0.2) is 48.5 Å². The molecule has 1 aromatic heterocycles. The predicted octanol–water partition coefficient (Wildman–Crippen LogP) is 8.12. The maximum absolute atomic E-state index is 12.6. The first-order valence-corrected chi connectivity index (χ1v) is 20.2. The molecule has 4 aliphatic rings. The van der Waals surface area contributed by atoms with Crippen LogP contribution in [0.1, 0.15) is 119 Å². The number of aliphatic hydroxyl groups is 3. The predicted molar refractivity (Wildman–Crippen MR) is 208 cm³/mol. The molecule has 0 saturated heterocycles. The number of aliphatic carboxylic acids is 1. The summed E-state index contributed by atoms with van der Waals surface area (Å²) >= 11 is 0. The van der Waals surface area contributed by atoms with Crippen LogP contribution in [0.3, 0.4) is 0 Å². The molecule has 3 aromatic rings. The van der Waals surface area contributed by atoms with Crippen molar-refractivity contribution in [3.63, 3.8) is 0 Å². The minimum Gasteiger partial charge on any atom is -0.481 e. The number of para-hydroxylation sites is 1. The Kier molecular flexibility index (Phi) is 10.3. The number of benzene rings is 2. The molecule has 5 N–H and O–H groups in total. The Hall–Kier alpha value is -3.33. The lowest BCUT2D eigenvalue weighted by atomic mass is 9.42. The lowest BCUT2D eigenvalue weighted by molar-refractivity contribution is -0.216. The second-order valence-electron chi connectivity index (χ2n) is 18.1. The van der Waals surface area contributed by atoms with Crippen molar-refractivity contribution in [1.82, 2.24) is 4.98 Å². The van der Waals surface area contributed by atoms with Gasteiger partial charge in [0.05, 0.1) is 40.3 Å². The van der Waals surface area contributed by atoms with E-state index in [0.29, 0.717) is 44.2 Å². The lowest BCUT2D eigenvalue weighted by Gasteiger charge is -2.64. The molecule has 4 unspecified atom stereocenters. The molecule has 53 heavy (non-hydrogen) atoms. The number of rotatable bonds is 11. The summed E-state index contributed by atoms with van der Waals surface area (Å²) in [5.41, 5.74) is 4.17. The maximum atomic E-state index is 12.6. The summed E-state index contributed by atoms with van der Waals surface area (Å²) in [4.78, 5) is 28.6. The van der Waals surface area contributed by atoms with Crippen LogP contribution < -0.4 is 5.32 Å². The first kappa shape index (κ1) is 38.0. The number of carbonyl (C=O) groups excluding carboxylic acids is 1. The molecule has 8 nitrogen and oxygen atoms in total. The lowest BCUT2D eigenvalue weighted by Crippen LogP contribution is -2.63. The molecule has 0 spiro atoms. The fourth-order valence-corrected chi connectivity index (χ4v) is 12.3. The zero-order valence-electron chi connectivity index (χ0n) is 32.3. The monoisotopic (exact) mass is 724 g/mol. The van der Waals surface area contributed by atoms with Gasteiger partial charge in [-0.25, -0.2) is 0 Å². The van der Waals surface area contributed by atoms with E-state index in [1.807, 2.05) is 31.2 Å². The van der Waals surface area contributed by atoms with E-state index in [-0.39, 0.29) is 58.5 Å². The highest BCUT2D eigenvalue weighted by molar-refractivity contribution is 6.08. The Labute approximate surface area is 314 Å². The molecule has 4 aliphatic carbocycles. The van der Waals surface area contributed by atoms with Crippen LogP contribution in [-0.2, 0) is 17.8 Å². The largest absolute Gasteiger partial charge is 0.481 e. The quantitative estimate of drug-likeness (QED) is 0.125. The summed E-state index contributed by atoms with van der Waals surface area (Å²) in [5, 5.41) is 49.6. The van der Waals surface area contributed by atoms with E-state index in [4.69, 9.17) is 0 Å². The smallest absolute Gasteiger partial charge is 0.303 e. The zero-order valence-corrected chi connectivity index (χ0v) is 32.3. The number of carbonyl (C=O) groups is 2. The van der Waals surface area contributed by atoms with E-state index in [2.05, 4.69) is 55.3 Å². The highest BCUT2D eigenvalue weighted by Gasteiger charge is 2.66. The third-order valence-corrected chi connectivity index (χ3v) is 15.3. The number of hydrogen-bond donors (Lipinski definition) is 5. The molecule has 1 heterocycles. The number of aromatic nitrogens is 1. The van der Waals surface area contributed by atoms with Crippen LogP contribution in [0.25, 0.3) is 10.9 Å². The van der Waals surface area contributed by atoms with Crippen molar-refractivity contribution in [2.75, 3.05) is 5.32 Å². The third kappa shape index (κ3) is 6.82. The van der Waals surface area contributed by atoms with Gasteiger partial charge < -0.3 is 25.7 Å². The summed E-state index contributed by atoms with van der Waals surface area (Å²) < 4.78 is 0. The van der Waals surface area contributed by atoms with Crippen LogP contribution in [0.2, 0.25) is 0 Å². The number of anilines is 1. The second-order valence-corrected chi connectivity index (χ2v) is 18.1. The normalized spacial score (nSPS) is 35.6. The van der Waals surface area contributed by atoms with Crippen molar-refractivity contribution < 1.29 is 30.0 Å². The molecule has 7 rings (SSSR count). The van der Waals surface area contributed by atoms with Gasteiger partial charge in [-0.05, 0) is 142 Å². The molecular weight excluding hydrogens is 665 g/mol. The number of nitrogens with zero attached hydrogens (tertiary/aromatic N) is 1. The summed E-state index contributed by atoms with van der Waals surface area (Å²) in [6.07, 6.45) is 6.93. The van der Waals surface area contributed by atoms with Gasteiger partial charge in [0.1, 0.15) is 0 Å². The molecular formula is C45H60N2O6. The Balaban J connectivity index is 0.987. The molecule has 0 amide bonds. The minimum atomic E-state index is -0.792. The van der Waals surface area contributed by atoms with Crippen molar-refractivity contribution in [3.8, 4) is 0 Å². The number of carboxylic acids is 1. The van der Waals surface area contributed by atoms with E-state index >= 15 is 0 Å². The van der Waals surface area contributed by atoms with Gasteiger partial charge in [-0.15, -0.1) is 0 Å². The summed E-state index contributed by atoms with van der Waals surface area (Å²) in [6, 6.07) is 16.4. The van der Waals surface area contributed by atoms with E-state index in [0.717, 1.165) is 60.0 Å². The summed E-state index contributed by atoms with van der Waals surface area (Å²) in [6.45, 7) is 10.8. The van der Waals surface area contributed by atoms with E-state index in [1.165, 1.54) is 5.56 Å². The van der Waals surface area contributed by atoms with E-state index < -0.39 is 23.8 Å². The number of hydrogen-bond acceptors (Lipinski definition) is 7. The number of aliphatic hydroxyl groups excluding tert-OH is 2. The second kappa shape index (κ2) is 14.4. The first-order chi connectivity index (χ1) is 25.1. The van der Waals surface area contributed by atoms with Crippen molar-refractivity contribution in [3.05, 3.63) is 70.9 Å². The number of carboxylic acid groups (broad SMARTS) is 1. The summed E-state index contributed by atoms with van der Waals surface area (Å²) in [5.74, 6) is 0.467. The molecule has 8 heteroatoms. The van der Waals surface area contributed by atoms with Gasteiger partial charge in [0.2, 0.25) is 0 Å². The van der Waals surface area contributed by atoms with Crippen molar-refractivity contribution in [1.29, 1.82) is 0 Å². The van der Waals surface area contributed by atoms with Crippen LogP contribution in [0.5, 0.6) is 0 Å². The number of ketones is 1. The molecule has 11 atom stereocenters. The number of aryl methyl sites for hydroxylation is 2. The fourth-order valence-electron chi connectivity index (χ4n) is 12.3. The third-order valence-electron chi connectivity index (χ3n) is 15.3. The van der Waals surface area contributed by atoms with Crippen LogP contribution in [0, 0.1) is 53.3 Å². The van der Waals surface area contributed by atoms with Crippen molar-refractivity contribution in [2.45, 2.75) is 130 Å². The van der Waals surface area contributed by atoms with Gasteiger partial charge in [0, 0.05) is 18.4 Å². The SMILES string of the molecule is CC(=O)c1c(C)nc2ccccc2c1NCc1ccc(CC[C@@]2(O)CC[C@@]3(C)C(C[C@@H](O)C4C3C[C@H](O)[C@@]3(C)C4CC[C@@H]3[C@H](C)CCC(=O)O)C2)cc1. The standard InChI is InChI=1S/C45H60N2O6/c1-26(10-17-39(51)52)33-15-16-34-41-35(23-38(50)44(33,34)5)43(4)20-21-45(53,24-31(43)22-37(41)49)19-18-29-11-13-30(14-12-29)25-46-42-32-8-6-7-9-36(32)47-27(2)40(42)28(3)48/h6-9,11-14,26,31,33-35,37-38,41,49-50,53H,10,15-25H2,1-5H3,(H,46,47)(H,51,52)/t26-,31?,33-,34?,35?,37-,38+,41?,43+,44-,45-/m1/s1. The molecule has 0 radical (unpaired) electrons. The zero-order chi connectivity index (χ0) is 37.9. The summed E-state index contributed by atoms with van der Waals surface area (Å²) in [7, 11) is 0. The van der Waals surface area contributed by atoms with Crippen molar-refractivity contribution >= 4 is 28.3 Å². The van der Waals surface area contributed by atoms with E-state index in [9.17, 15) is 30.0 Å². The number of nitrogens with one attached hydrogen (secondary N) is 1. The van der Waals surface area contributed by atoms with Crippen molar-refractivity contribution in [2.24, 2.45) is 46.3 Å². The Bertz CT molecular complexity index is 1840. The number of Topliss-reactive ketones (excluding diaryl/α,β-unsaturated/α-hetero) is 1. The Morgan fingerprint density at radius 2 is 1.70 bits per heavy atom. The number of fused-ring (bicyclic) bond motifs is 6. The van der Waals surface area contributed by atoms with E-state index in [1.54, 1.807) is 6.92 Å². The Morgan fingerprint density at radius 1 is 0.981 bits per heavy atom. The average molecular weight is 725 g/mol. The van der Waals surface area contributed by atoms with Gasteiger partial charge in [-0.2, -0.15) is 0 Å². The maximum Gasteiger partial charge on any atom is 0.303 e. The van der Waals surface area contributed by atoms with Gasteiger partial charge >= 0.3 is 5.97 Å². The van der Waals surface area contributed by atoms with Crippen LogP contribution in [0.4, 0.5) is 5.69 Å². The molecule has 0 aliphatic heterocycles. The topological polar surface area (TPSA) is 140 Å². The minimum absolute atomic E-state index is 0.00946. The van der Waals surface area contributed by atoms with Gasteiger partial charge in [0.15, 0.2) is 5.78 Å². The average Bonchev–Trinajstić information content (AvgIpc) is 3.48. The highest BCUT2D eigenvalue weighted by Crippen LogP contribution is 2.69. The first-order valence-electron chi connectivity index (χ1n) is 20.2. The van der Waals surface area contributed by atoms with Crippen LogP contribution in [-0.4, -0.2) is 55.0 Å². The molecule has 0 bridgehead atoms. The molecule has 4 saturated carbocycles. The molecule has 4 fully saturated rings. The highest BCUT2D eigenvalue weighted by atomic mass is 16.4. The van der Waals surface area contributed by atoms with Gasteiger partial charge in [0.25, 0.3) is 0 Å². The van der Waals surface area contributed by atoms with Crippen LogP contribution >= 0.6 is 0 Å². The fraction of sp³-hybridized carbons (Fsp3) is 0.622. The molecule has 2 aromatic carbocycles. The van der Waals surface area contributed by atoms with Gasteiger partial charge in [-0.3, -0.25) is 14.6 Å².